The lowest BCUT2D eigenvalue weighted by atomic mass is 9.87. The highest BCUT2D eigenvalue weighted by molar-refractivity contribution is 6.31. The number of nitrogens with zero attached hydrogens (tertiary/aromatic N) is 2. The predicted octanol–water partition coefficient (Wildman–Crippen LogP) is 3.56. The molecule has 0 spiro atoms. The molecule has 6 nitrogen and oxygen atoms in total. The lowest BCUT2D eigenvalue weighted by molar-refractivity contribution is -0.127. The van der Waals surface area contributed by atoms with Gasteiger partial charge in [0.05, 0.1) is 11.8 Å². The van der Waals surface area contributed by atoms with E-state index in [2.05, 4.69) is 0 Å². The molecule has 0 bridgehead atoms. The monoisotopic (exact) mass is 508 g/mol. The summed E-state index contributed by atoms with van der Waals surface area (Å²) in [6.07, 6.45) is -1.58. The Labute approximate surface area is 215 Å². The molecule has 0 amide bonds. The van der Waals surface area contributed by atoms with Gasteiger partial charge in [-0.25, -0.2) is 4.39 Å². The smallest absolute Gasteiger partial charge is 0.166 e. The third-order valence-corrected chi connectivity index (χ3v) is 7.00. The number of nitrogens with two attached hydrogens (primary N) is 2. The summed E-state index contributed by atoms with van der Waals surface area (Å²) in [7, 11) is 1.75. The van der Waals surface area contributed by atoms with Crippen molar-refractivity contribution in [3.8, 4) is 0 Å². The first-order valence-electron chi connectivity index (χ1n) is 11.8. The van der Waals surface area contributed by atoms with E-state index in [1.807, 2.05) is 30.3 Å². The van der Waals surface area contributed by atoms with Crippen LogP contribution in [0.1, 0.15) is 23.6 Å². The Morgan fingerprint density at radius 2 is 1.78 bits per heavy atom. The van der Waals surface area contributed by atoms with Crippen molar-refractivity contribution in [3.05, 3.63) is 100 Å². The zero-order valence-corrected chi connectivity index (χ0v) is 20.9. The highest BCUT2D eigenvalue weighted by atomic mass is 35.5. The number of carbonyl (C=O) groups excluding carboxylic acids is 1. The number of benzene rings is 3. The van der Waals surface area contributed by atoms with Crippen molar-refractivity contribution in [3.63, 3.8) is 0 Å². The number of carbonyl (C=O) groups is 1. The number of anilines is 1. The van der Waals surface area contributed by atoms with Crippen LogP contribution in [0.15, 0.2) is 77.8 Å². The van der Waals surface area contributed by atoms with Gasteiger partial charge in [0.1, 0.15) is 18.0 Å². The number of hydrogen-bond donors (Lipinski definition) is 3. The van der Waals surface area contributed by atoms with Crippen LogP contribution >= 0.6 is 11.6 Å². The molecule has 1 aliphatic rings. The Bertz CT molecular complexity index is 1270. The fourth-order valence-corrected chi connectivity index (χ4v) is 4.75. The number of rotatable bonds is 7. The summed E-state index contributed by atoms with van der Waals surface area (Å²) in [6.45, 7) is 1.62. The van der Waals surface area contributed by atoms with Gasteiger partial charge in [-0.3, -0.25) is 9.79 Å². The minimum Gasteiger partial charge on any atom is -0.391 e. The molecule has 5 unspecified atom stereocenters. The van der Waals surface area contributed by atoms with Crippen LogP contribution in [0.3, 0.4) is 0 Å². The molecule has 8 heteroatoms. The normalized spacial score (nSPS) is 20.1. The molecule has 0 saturated heterocycles. The van der Waals surface area contributed by atoms with Crippen molar-refractivity contribution in [2.24, 2.45) is 22.4 Å². The van der Waals surface area contributed by atoms with Crippen LogP contribution in [-0.4, -0.2) is 48.0 Å². The summed E-state index contributed by atoms with van der Waals surface area (Å²) >= 11 is 6.29. The van der Waals surface area contributed by atoms with Gasteiger partial charge in [-0.1, -0.05) is 61.0 Å². The molecule has 0 radical (unpaired) electrons. The molecule has 1 aliphatic heterocycles. The number of halogens is 2. The van der Waals surface area contributed by atoms with Crippen molar-refractivity contribution >= 4 is 28.8 Å². The van der Waals surface area contributed by atoms with Gasteiger partial charge in [-0.05, 0) is 42.3 Å². The SMILES string of the molecule is CC(C(=O)C1N=C(c2ccccc2F)c2cc(Cl)ccc2N(C)C1N)C(O)C(N)Cc1ccccc1. The van der Waals surface area contributed by atoms with E-state index in [1.165, 1.54) is 6.07 Å². The second kappa shape index (κ2) is 10.9. The molecule has 0 aromatic heterocycles. The molecular weight excluding hydrogens is 479 g/mol. The molecule has 0 fully saturated rings. The first-order valence-corrected chi connectivity index (χ1v) is 12.2. The van der Waals surface area contributed by atoms with Gasteiger partial charge in [-0.15, -0.1) is 0 Å². The lowest BCUT2D eigenvalue weighted by Crippen LogP contribution is -2.54. The van der Waals surface area contributed by atoms with Gasteiger partial charge < -0.3 is 21.5 Å². The Kier molecular flexibility index (Phi) is 7.85. The number of aliphatic hydroxyl groups is 1. The number of fused-ring (bicyclic) bond motifs is 1. The number of hydrogen-bond acceptors (Lipinski definition) is 6. The van der Waals surface area contributed by atoms with E-state index in [0.717, 1.165) is 5.56 Å². The summed E-state index contributed by atoms with van der Waals surface area (Å²) < 4.78 is 14.9. The lowest BCUT2D eigenvalue weighted by Gasteiger charge is -2.32. The van der Waals surface area contributed by atoms with Gasteiger partial charge in [0.15, 0.2) is 5.78 Å². The molecule has 5 N–H and O–H groups in total. The Morgan fingerprint density at radius 1 is 1.11 bits per heavy atom. The molecule has 5 atom stereocenters. The molecule has 0 saturated carbocycles. The molecule has 36 heavy (non-hydrogen) atoms. The van der Waals surface area contributed by atoms with E-state index in [-0.39, 0.29) is 17.1 Å². The van der Waals surface area contributed by atoms with E-state index in [1.54, 1.807) is 55.3 Å². The van der Waals surface area contributed by atoms with Crippen LogP contribution < -0.4 is 16.4 Å². The largest absolute Gasteiger partial charge is 0.391 e. The number of aliphatic imine (C=N–C) groups is 1. The number of benzodiazepines with no additional fused rings is 1. The zero-order valence-electron chi connectivity index (χ0n) is 20.2. The van der Waals surface area contributed by atoms with E-state index >= 15 is 0 Å². The quantitative estimate of drug-likeness (QED) is 0.452. The summed E-state index contributed by atoms with van der Waals surface area (Å²) in [4.78, 5) is 20.2. The van der Waals surface area contributed by atoms with Crippen LogP contribution in [0.4, 0.5) is 10.1 Å². The van der Waals surface area contributed by atoms with Crippen molar-refractivity contribution in [2.75, 3.05) is 11.9 Å². The van der Waals surface area contributed by atoms with Crippen LogP contribution in [0.25, 0.3) is 0 Å². The maximum atomic E-state index is 14.9. The molecule has 3 aromatic carbocycles. The first kappa shape index (κ1) is 26.0. The van der Waals surface area contributed by atoms with Crippen molar-refractivity contribution < 1.29 is 14.3 Å². The maximum absolute atomic E-state index is 14.9. The number of likely N-dealkylation sites (N-methyl/N-ethyl adjacent to an activating group) is 1. The van der Waals surface area contributed by atoms with Crippen LogP contribution in [-0.2, 0) is 11.2 Å². The van der Waals surface area contributed by atoms with Gasteiger partial charge >= 0.3 is 0 Å². The summed E-state index contributed by atoms with van der Waals surface area (Å²) in [5.74, 6) is -1.72. The highest BCUT2D eigenvalue weighted by Gasteiger charge is 2.39. The van der Waals surface area contributed by atoms with Crippen LogP contribution in [0.5, 0.6) is 0 Å². The molecule has 1 heterocycles. The third-order valence-electron chi connectivity index (χ3n) is 6.77. The van der Waals surface area contributed by atoms with Crippen LogP contribution in [0.2, 0.25) is 5.02 Å². The zero-order chi connectivity index (χ0) is 26.0. The predicted molar refractivity (Wildman–Crippen MR) is 142 cm³/mol. The topological polar surface area (TPSA) is 105 Å². The Hall–Kier alpha value is -3.10. The Balaban J connectivity index is 1.71. The van der Waals surface area contributed by atoms with Gasteiger partial charge in [0.25, 0.3) is 0 Å². The minimum absolute atomic E-state index is 0.232. The van der Waals surface area contributed by atoms with Crippen molar-refractivity contribution in [1.29, 1.82) is 0 Å². The third kappa shape index (κ3) is 5.20. The second-order valence-corrected chi connectivity index (χ2v) is 9.64. The van der Waals surface area contributed by atoms with E-state index in [0.29, 0.717) is 22.7 Å². The average Bonchev–Trinajstić information content (AvgIpc) is 2.98. The minimum atomic E-state index is -1.12. The molecule has 0 aliphatic carbocycles. The fraction of sp³-hybridized carbons (Fsp3) is 0.286. The standard InChI is InChI=1S/C28H30ClFN4O2/c1-16(26(35)22(31)14-17-8-4-3-5-9-17)27(36)25-28(32)34(2)23-13-12-18(29)15-20(23)24(33-25)19-10-6-7-11-21(19)30/h3-13,15-16,22,25-26,28,35H,14,31-32H2,1-2H3. The van der Waals surface area contributed by atoms with Crippen LogP contribution in [0, 0.1) is 11.7 Å². The average molecular weight is 509 g/mol. The van der Waals surface area contributed by atoms with E-state index in [4.69, 9.17) is 28.1 Å². The van der Waals surface area contributed by atoms with Crippen molar-refractivity contribution in [1.82, 2.24) is 0 Å². The van der Waals surface area contributed by atoms with Gasteiger partial charge in [0, 0.05) is 40.8 Å². The van der Waals surface area contributed by atoms with E-state index < -0.39 is 36.1 Å². The molecule has 3 aromatic rings. The summed E-state index contributed by atoms with van der Waals surface area (Å²) in [6, 6.07) is 19.2. The maximum Gasteiger partial charge on any atom is 0.166 e. The highest BCUT2D eigenvalue weighted by Crippen LogP contribution is 2.32. The second-order valence-electron chi connectivity index (χ2n) is 9.20. The van der Waals surface area contributed by atoms with Gasteiger partial charge in [0.2, 0.25) is 0 Å². The summed E-state index contributed by atoms with van der Waals surface area (Å²) in [5.41, 5.74) is 15.5. The summed E-state index contributed by atoms with van der Waals surface area (Å²) in [5, 5.41) is 11.4. The fourth-order valence-electron chi connectivity index (χ4n) is 4.58. The molecular formula is C28H30ClFN4O2. The van der Waals surface area contributed by atoms with Crippen molar-refractivity contribution in [2.45, 2.75) is 37.7 Å². The number of Topliss-reactive ketones (excluding diaryl/α,β-unsaturated/α-hetero) is 1. The molecule has 188 valence electrons. The van der Waals surface area contributed by atoms with E-state index in [9.17, 15) is 14.3 Å². The Morgan fingerprint density at radius 3 is 2.47 bits per heavy atom. The first-order chi connectivity index (χ1) is 17.2. The number of ketones is 1. The van der Waals surface area contributed by atoms with Gasteiger partial charge in [-0.2, -0.15) is 0 Å². The number of aliphatic hydroxyl groups excluding tert-OH is 1. The molecule has 4 rings (SSSR count).